The van der Waals surface area contributed by atoms with Crippen LogP contribution in [0.15, 0.2) is 54.7 Å². The van der Waals surface area contributed by atoms with Crippen LogP contribution in [0.25, 0.3) is 5.69 Å². The molecule has 0 saturated heterocycles. The van der Waals surface area contributed by atoms with E-state index in [0.717, 1.165) is 11.4 Å². The molecule has 0 fully saturated rings. The zero-order chi connectivity index (χ0) is 21.8. The molecule has 0 atom stereocenters. The highest BCUT2D eigenvalue weighted by atomic mass is 35.5. The Hall–Kier alpha value is -3.12. The van der Waals surface area contributed by atoms with Crippen LogP contribution in [0.2, 0.25) is 5.02 Å². The molecule has 2 aromatic carbocycles. The first-order valence-electron chi connectivity index (χ1n) is 9.82. The van der Waals surface area contributed by atoms with E-state index in [4.69, 9.17) is 11.6 Å². The first-order valence-corrected chi connectivity index (χ1v) is 10.2. The van der Waals surface area contributed by atoms with Crippen molar-refractivity contribution in [3.8, 4) is 5.69 Å². The number of rotatable bonds is 6. The van der Waals surface area contributed by atoms with E-state index >= 15 is 0 Å². The van der Waals surface area contributed by atoms with Gasteiger partial charge in [-0.25, -0.2) is 4.68 Å². The first-order chi connectivity index (χ1) is 14.3. The molecule has 0 radical (unpaired) electrons. The summed E-state index contributed by atoms with van der Waals surface area (Å²) in [6, 6.07) is 14.4. The number of nitrogens with zero attached hydrogens (tertiary/aromatic N) is 2. The number of aromatic nitrogens is 2. The van der Waals surface area contributed by atoms with Gasteiger partial charge >= 0.3 is 0 Å². The molecule has 0 aliphatic carbocycles. The Bertz CT molecular complexity index is 1060. The molecule has 0 spiro atoms. The molecule has 7 heteroatoms. The number of carbonyl (C=O) groups is 2. The van der Waals surface area contributed by atoms with E-state index in [1.807, 2.05) is 45.9 Å². The average Bonchev–Trinajstić information content (AvgIpc) is 3.15. The summed E-state index contributed by atoms with van der Waals surface area (Å²) in [5, 5.41) is 10.8. The van der Waals surface area contributed by atoms with E-state index in [1.54, 1.807) is 41.2 Å². The summed E-state index contributed by atoms with van der Waals surface area (Å²) in [4.78, 5) is 24.7. The van der Waals surface area contributed by atoms with Gasteiger partial charge in [0.2, 0.25) is 5.91 Å². The van der Waals surface area contributed by atoms with Gasteiger partial charge in [-0.1, -0.05) is 45.4 Å². The monoisotopic (exact) mass is 424 g/mol. The van der Waals surface area contributed by atoms with Gasteiger partial charge in [0.1, 0.15) is 0 Å². The largest absolute Gasteiger partial charge is 0.326 e. The number of amides is 2. The molecule has 3 rings (SSSR count). The third kappa shape index (κ3) is 4.89. The van der Waals surface area contributed by atoms with E-state index in [-0.39, 0.29) is 23.7 Å². The maximum absolute atomic E-state index is 12.9. The normalized spacial score (nSPS) is 11.0. The number of nitrogens with one attached hydrogen (secondary N) is 2. The molecule has 0 unspecified atom stereocenters. The highest BCUT2D eigenvalue weighted by Gasteiger charge is 2.21. The number of carbonyl (C=O) groups excluding carboxylic acids is 2. The topological polar surface area (TPSA) is 76.0 Å². The summed E-state index contributed by atoms with van der Waals surface area (Å²) in [6.45, 7) is 7.70. The van der Waals surface area contributed by atoms with Gasteiger partial charge in [0.25, 0.3) is 5.91 Å². The molecular weight excluding hydrogens is 400 g/mol. The Morgan fingerprint density at radius 1 is 0.967 bits per heavy atom. The Morgan fingerprint density at radius 2 is 1.60 bits per heavy atom. The lowest BCUT2D eigenvalue weighted by Crippen LogP contribution is -2.18. The Kier molecular flexibility index (Phi) is 6.57. The fraction of sp³-hybridized carbons (Fsp3) is 0.261. The lowest BCUT2D eigenvalue weighted by molar-refractivity contribution is -0.118. The van der Waals surface area contributed by atoms with Crippen molar-refractivity contribution in [1.29, 1.82) is 0 Å². The second-order valence-electron chi connectivity index (χ2n) is 7.67. The second-order valence-corrected chi connectivity index (χ2v) is 8.10. The van der Waals surface area contributed by atoms with Crippen LogP contribution in [-0.2, 0) is 4.79 Å². The Morgan fingerprint density at radius 3 is 2.17 bits per heavy atom. The molecule has 6 nitrogen and oxygen atoms in total. The molecule has 2 N–H and O–H groups in total. The standard InChI is InChI=1S/C23H25ClN4O2/c1-14(2)21-20(13-25-28(21)19-7-5-6-16(24)12-19)23(30)27-18-10-8-17(9-11-18)26-22(29)15(3)4/h5-15H,1-4H3,(H,26,29)(H,27,30). The predicted molar refractivity (Wildman–Crippen MR) is 121 cm³/mol. The number of hydrogen-bond acceptors (Lipinski definition) is 3. The molecule has 30 heavy (non-hydrogen) atoms. The number of anilines is 2. The smallest absolute Gasteiger partial charge is 0.259 e. The summed E-state index contributed by atoms with van der Waals surface area (Å²) in [7, 11) is 0. The maximum Gasteiger partial charge on any atom is 0.259 e. The van der Waals surface area contributed by atoms with Crippen LogP contribution < -0.4 is 10.6 Å². The van der Waals surface area contributed by atoms with Crippen LogP contribution in [0.1, 0.15) is 49.7 Å². The summed E-state index contributed by atoms with van der Waals surface area (Å²) in [5.74, 6) is -0.330. The van der Waals surface area contributed by atoms with Crippen LogP contribution in [0.5, 0.6) is 0 Å². The maximum atomic E-state index is 12.9. The SMILES string of the molecule is CC(C)C(=O)Nc1ccc(NC(=O)c2cnn(-c3cccc(Cl)c3)c2C(C)C)cc1. The zero-order valence-corrected chi connectivity index (χ0v) is 18.2. The van der Waals surface area contributed by atoms with Crippen molar-refractivity contribution in [1.82, 2.24) is 9.78 Å². The third-order valence-electron chi connectivity index (χ3n) is 4.59. The fourth-order valence-electron chi connectivity index (χ4n) is 3.02. The van der Waals surface area contributed by atoms with Crippen molar-refractivity contribution in [2.24, 2.45) is 5.92 Å². The van der Waals surface area contributed by atoms with Gasteiger partial charge in [0.05, 0.1) is 23.1 Å². The van der Waals surface area contributed by atoms with Crippen LogP contribution in [0.3, 0.4) is 0 Å². The number of hydrogen-bond donors (Lipinski definition) is 2. The molecular formula is C23H25ClN4O2. The number of halogens is 1. The van der Waals surface area contributed by atoms with Crippen molar-refractivity contribution in [3.05, 3.63) is 71.0 Å². The minimum absolute atomic E-state index is 0.0539. The van der Waals surface area contributed by atoms with Crippen molar-refractivity contribution in [2.45, 2.75) is 33.6 Å². The van der Waals surface area contributed by atoms with Gasteiger partial charge in [0.15, 0.2) is 0 Å². The van der Waals surface area contributed by atoms with Crippen LogP contribution in [0.4, 0.5) is 11.4 Å². The molecule has 1 heterocycles. The zero-order valence-electron chi connectivity index (χ0n) is 17.4. The second kappa shape index (κ2) is 9.13. The summed E-state index contributed by atoms with van der Waals surface area (Å²) in [6.07, 6.45) is 1.57. The van der Waals surface area contributed by atoms with E-state index < -0.39 is 0 Å². The lowest BCUT2D eigenvalue weighted by atomic mass is 10.0. The summed E-state index contributed by atoms with van der Waals surface area (Å²) < 4.78 is 1.75. The highest BCUT2D eigenvalue weighted by Crippen LogP contribution is 2.25. The van der Waals surface area contributed by atoms with Gasteiger partial charge < -0.3 is 10.6 Å². The minimum atomic E-state index is -0.244. The molecule has 156 valence electrons. The van der Waals surface area contributed by atoms with Gasteiger partial charge in [0, 0.05) is 22.3 Å². The summed E-state index contributed by atoms with van der Waals surface area (Å²) in [5.41, 5.74) is 3.42. The highest BCUT2D eigenvalue weighted by molar-refractivity contribution is 6.30. The van der Waals surface area contributed by atoms with E-state index in [0.29, 0.717) is 22.0 Å². The quantitative estimate of drug-likeness (QED) is 0.548. The molecule has 0 aliphatic heterocycles. The molecule has 0 aliphatic rings. The lowest BCUT2D eigenvalue weighted by Gasteiger charge is -2.13. The van der Waals surface area contributed by atoms with Gasteiger partial charge in [-0.3, -0.25) is 9.59 Å². The third-order valence-corrected chi connectivity index (χ3v) is 4.82. The van der Waals surface area contributed by atoms with Crippen LogP contribution in [-0.4, -0.2) is 21.6 Å². The minimum Gasteiger partial charge on any atom is -0.326 e. The van der Waals surface area contributed by atoms with Crippen molar-refractivity contribution >= 4 is 34.8 Å². The van der Waals surface area contributed by atoms with Crippen molar-refractivity contribution < 1.29 is 9.59 Å². The van der Waals surface area contributed by atoms with E-state index in [1.165, 1.54) is 0 Å². The van der Waals surface area contributed by atoms with Crippen molar-refractivity contribution in [3.63, 3.8) is 0 Å². The molecule has 3 aromatic rings. The Balaban J connectivity index is 1.81. The molecule has 1 aromatic heterocycles. The van der Waals surface area contributed by atoms with E-state index in [2.05, 4.69) is 15.7 Å². The predicted octanol–water partition coefficient (Wildman–Crippen LogP) is 5.50. The van der Waals surface area contributed by atoms with Crippen molar-refractivity contribution in [2.75, 3.05) is 10.6 Å². The number of benzene rings is 2. The summed E-state index contributed by atoms with van der Waals surface area (Å²) >= 11 is 6.12. The van der Waals surface area contributed by atoms with Gasteiger partial charge in [-0.2, -0.15) is 5.10 Å². The molecule has 0 bridgehead atoms. The van der Waals surface area contributed by atoms with Crippen LogP contribution in [0, 0.1) is 5.92 Å². The first kappa shape index (κ1) is 21.6. The Labute approximate surface area is 181 Å². The van der Waals surface area contributed by atoms with Crippen LogP contribution >= 0.6 is 11.6 Å². The molecule has 0 saturated carbocycles. The van der Waals surface area contributed by atoms with Gasteiger partial charge in [-0.05, 0) is 48.4 Å². The fourth-order valence-corrected chi connectivity index (χ4v) is 3.21. The average molecular weight is 425 g/mol. The van der Waals surface area contributed by atoms with Gasteiger partial charge in [-0.15, -0.1) is 0 Å². The van der Waals surface area contributed by atoms with E-state index in [9.17, 15) is 9.59 Å². The molecule has 2 amide bonds.